The van der Waals surface area contributed by atoms with Crippen LogP contribution in [0.5, 0.6) is 11.5 Å². The number of nitrogens with zero attached hydrogens (tertiary/aromatic N) is 2. The van der Waals surface area contributed by atoms with Gasteiger partial charge in [0, 0.05) is 29.7 Å². The molecule has 10 nitrogen and oxygen atoms in total. The number of likely N-dealkylation sites (N-methyl/N-ethyl adjacent to an activating group) is 1. The van der Waals surface area contributed by atoms with Gasteiger partial charge < -0.3 is 24.2 Å². The Morgan fingerprint density at radius 1 is 1.12 bits per heavy atom. The van der Waals surface area contributed by atoms with Crippen LogP contribution in [0.25, 0.3) is 10.9 Å². The number of aromatic amines is 1. The third kappa shape index (κ3) is 5.83. The summed E-state index contributed by atoms with van der Waals surface area (Å²) in [7, 11) is 2.18. The van der Waals surface area contributed by atoms with Gasteiger partial charge in [0.25, 0.3) is 0 Å². The molecule has 5 N–H and O–H groups in total. The van der Waals surface area contributed by atoms with Crippen LogP contribution in [-0.2, 0) is 22.6 Å². The summed E-state index contributed by atoms with van der Waals surface area (Å²) in [6.07, 6.45) is -0.387. The average molecular weight is 442 g/mol. The van der Waals surface area contributed by atoms with Crippen molar-refractivity contribution in [2.75, 3.05) is 20.1 Å². The molecule has 0 radical (unpaired) electrons. The molecule has 0 spiro atoms. The Bertz CT molecular complexity index is 1040. The number of benzene rings is 2. The number of hydrogen-bond acceptors (Lipinski definition) is 8. The number of aromatic nitrogens is 1. The van der Waals surface area contributed by atoms with Crippen molar-refractivity contribution >= 4 is 23.6 Å². The molecule has 2 aliphatic heterocycles. The van der Waals surface area contributed by atoms with Crippen molar-refractivity contribution in [2.24, 2.45) is 5.84 Å². The van der Waals surface area contributed by atoms with E-state index in [0.29, 0.717) is 24.2 Å². The second-order valence-corrected chi connectivity index (χ2v) is 7.28. The number of carbonyl (C=O) groups is 2. The minimum Gasteiger partial charge on any atom is -0.403 e. The first-order valence-electron chi connectivity index (χ1n) is 9.92. The van der Waals surface area contributed by atoms with Crippen LogP contribution in [0.1, 0.15) is 11.3 Å². The van der Waals surface area contributed by atoms with Gasteiger partial charge in [0.15, 0.2) is 11.5 Å². The number of hydrogen-bond donors (Lipinski definition) is 4. The van der Waals surface area contributed by atoms with Crippen molar-refractivity contribution in [3.8, 4) is 11.5 Å². The van der Waals surface area contributed by atoms with Crippen molar-refractivity contribution in [1.82, 2.24) is 14.9 Å². The maximum Gasteiger partial charge on any atom is 0.505 e. The Kier molecular flexibility index (Phi) is 7.44. The highest BCUT2D eigenvalue weighted by atomic mass is 17.0. The number of nitrogens with two attached hydrogens (primary N) is 1. The van der Waals surface area contributed by atoms with Crippen LogP contribution in [-0.4, -0.2) is 64.1 Å². The second kappa shape index (κ2) is 10.2. The quantitative estimate of drug-likeness (QED) is 0.153. The van der Waals surface area contributed by atoms with Gasteiger partial charge >= 0.3 is 6.16 Å². The van der Waals surface area contributed by atoms with E-state index < -0.39 is 6.16 Å². The first-order valence-corrected chi connectivity index (χ1v) is 9.92. The second-order valence-electron chi connectivity index (χ2n) is 7.28. The van der Waals surface area contributed by atoms with Gasteiger partial charge in [-0.25, -0.2) is 5.84 Å². The van der Waals surface area contributed by atoms with Gasteiger partial charge in [0.1, 0.15) is 6.29 Å². The summed E-state index contributed by atoms with van der Waals surface area (Å²) in [6, 6.07) is 15.2. The molecule has 1 amide bonds. The molecular weight excluding hydrogens is 416 g/mol. The van der Waals surface area contributed by atoms with E-state index in [9.17, 15) is 9.59 Å². The van der Waals surface area contributed by atoms with Crippen LogP contribution < -0.4 is 15.3 Å². The summed E-state index contributed by atoms with van der Waals surface area (Å²) in [4.78, 5) is 24.9. The minimum absolute atomic E-state index is 0.0382. The van der Waals surface area contributed by atoms with E-state index in [1.54, 1.807) is 24.3 Å². The summed E-state index contributed by atoms with van der Waals surface area (Å²) < 4.78 is 9.17. The van der Waals surface area contributed by atoms with E-state index in [0.717, 1.165) is 11.6 Å². The Morgan fingerprint density at radius 2 is 1.75 bits per heavy atom. The van der Waals surface area contributed by atoms with Crippen LogP contribution in [0.2, 0.25) is 0 Å². The number of hydrazine groups is 1. The third-order valence-electron chi connectivity index (χ3n) is 4.83. The first-order chi connectivity index (χ1) is 15.3. The number of carbonyl (C=O) groups excluding carboxylic acids is 2. The highest BCUT2D eigenvalue weighted by Crippen LogP contribution is 2.36. The van der Waals surface area contributed by atoms with Crippen LogP contribution >= 0.6 is 0 Å². The number of aldehydes is 1. The Hall–Kier alpha value is -3.44. The van der Waals surface area contributed by atoms with Crippen molar-refractivity contribution < 1.29 is 29.3 Å². The lowest BCUT2D eigenvalue weighted by atomic mass is 10.0. The zero-order valence-corrected chi connectivity index (χ0v) is 17.6. The van der Waals surface area contributed by atoms with Crippen LogP contribution in [0.4, 0.5) is 0 Å². The monoisotopic (exact) mass is 442 g/mol. The summed E-state index contributed by atoms with van der Waals surface area (Å²) in [5.41, 5.74) is 4.21. The predicted octanol–water partition coefficient (Wildman–Crippen LogP) is 0.727. The Morgan fingerprint density at radius 3 is 2.34 bits per heavy atom. The number of para-hydroxylation sites is 3. The molecule has 0 fully saturated rings. The molecule has 0 unspecified atom stereocenters. The highest BCUT2D eigenvalue weighted by molar-refractivity contribution is 5.84. The molecular formula is C22H26N4O6. The molecule has 1 aromatic heterocycles. The number of rotatable bonds is 3. The van der Waals surface area contributed by atoms with Gasteiger partial charge in [-0.05, 0) is 37.2 Å². The normalized spacial score (nSPS) is 15.5. The van der Waals surface area contributed by atoms with Crippen molar-refractivity contribution in [3.05, 3.63) is 59.8 Å². The van der Waals surface area contributed by atoms with E-state index in [-0.39, 0.29) is 6.54 Å². The number of H-pyrrole nitrogens is 1. The van der Waals surface area contributed by atoms with Crippen LogP contribution in [0.3, 0.4) is 0 Å². The SMILES string of the molecule is CN1CCc2c([nH]c3ccccc23)C1.NN(C=O)CC=O.OC1(O)Oc2ccccc2O1. The molecule has 10 heteroatoms. The molecule has 0 atom stereocenters. The fourth-order valence-electron chi connectivity index (χ4n) is 3.38. The van der Waals surface area contributed by atoms with Gasteiger partial charge in [-0.1, -0.05) is 30.3 Å². The molecule has 170 valence electrons. The third-order valence-corrected chi connectivity index (χ3v) is 4.83. The molecule has 2 aliphatic rings. The largest absolute Gasteiger partial charge is 0.505 e. The fourth-order valence-corrected chi connectivity index (χ4v) is 3.38. The van der Waals surface area contributed by atoms with E-state index >= 15 is 0 Å². The van der Waals surface area contributed by atoms with Gasteiger partial charge in [0.2, 0.25) is 6.41 Å². The fraction of sp³-hybridized carbons (Fsp3) is 0.273. The topological polar surface area (TPSA) is 141 Å². The molecule has 5 rings (SSSR count). The van der Waals surface area contributed by atoms with Gasteiger partial charge in [-0.2, -0.15) is 0 Å². The van der Waals surface area contributed by atoms with Crippen LogP contribution in [0, 0.1) is 0 Å². The lowest BCUT2D eigenvalue weighted by Crippen LogP contribution is -2.37. The summed E-state index contributed by atoms with van der Waals surface area (Å²) in [5.74, 6) is 5.48. The number of fused-ring (bicyclic) bond motifs is 4. The highest BCUT2D eigenvalue weighted by Gasteiger charge is 2.37. The predicted molar refractivity (Wildman–Crippen MR) is 116 cm³/mol. The van der Waals surface area contributed by atoms with E-state index in [1.165, 1.54) is 35.1 Å². The number of amides is 1. The lowest BCUT2D eigenvalue weighted by Gasteiger charge is -2.22. The lowest BCUT2D eigenvalue weighted by molar-refractivity contribution is -0.385. The summed E-state index contributed by atoms with van der Waals surface area (Å²) in [5, 5.41) is 19.8. The Balaban J connectivity index is 0.000000145. The minimum atomic E-state index is -2.50. The van der Waals surface area contributed by atoms with E-state index in [4.69, 9.17) is 16.1 Å². The van der Waals surface area contributed by atoms with Gasteiger partial charge in [0.05, 0.1) is 6.54 Å². The molecule has 3 aromatic rings. The number of aliphatic hydroxyl groups is 2. The van der Waals surface area contributed by atoms with Gasteiger partial charge in [-0.15, -0.1) is 0 Å². The van der Waals surface area contributed by atoms with Crippen molar-refractivity contribution in [3.63, 3.8) is 0 Å². The molecule has 3 heterocycles. The molecule has 0 bridgehead atoms. The van der Waals surface area contributed by atoms with Crippen LogP contribution in [0.15, 0.2) is 48.5 Å². The smallest absolute Gasteiger partial charge is 0.403 e. The maximum atomic E-state index is 9.54. The zero-order chi connectivity index (χ0) is 23.1. The number of nitrogens with one attached hydrogen (secondary N) is 1. The molecule has 0 saturated heterocycles. The van der Waals surface area contributed by atoms with Crippen molar-refractivity contribution in [1.29, 1.82) is 0 Å². The molecule has 0 aliphatic carbocycles. The summed E-state index contributed by atoms with van der Waals surface area (Å²) in [6.45, 7) is 2.20. The Labute approximate surface area is 184 Å². The first kappa shape index (κ1) is 23.2. The van der Waals surface area contributed by atoms with E-state index in [1.807, 2.05) is 0 Å². The molecule has 32 heavy (non-hydrogen) atoms. The van der Waals surface area contributed by atoms with Gasteiger partial charge in [-0.3, -0.25) is 20.0 Å². The molecule has 0 saturated carbocycles. The van der Waals surface area contributed by atoms with Crippen molar-refractivity contribution in [2.45, 2.75) is 19.1 Å². The zero-order valence-electron chi connectivity index (χ0n) is 17.6. The maximum absolute atomic E-state index is 9.54. The molecule has 2 aromatic carbocycles. The standard InChI is InChI=1S/C12H14N2.C7H6O4.C3H6N2O2/c1-14-7-6-10-9-4-2-3-5-11(9)13-12(10)8-14;8-7(9)10-5-3-1-2-4-6(5)11-7;4-5(3-7)1-2-6/h2-5,13H,6-8H2,1H3;1-4,8-9H;2-3H,1,4H2. The number of ether oxygens (including phenoxy) is 2. The average Bonchev–Trinajstić information content (AvgIpc) is 3.29. The van der Waals surface area contributed by atoms with E-state index in [2.05, 4.69) is 50.7 Å². The summed E-state index contributed by atoms with van der Waals surface area (Å²) >= 11 is 0.